The summed E-state index contributed by atoms with van der Waals surface area (Å²) in [5.41, 5.74) is 8.14. The molecular weight excluding hydrogens is 230 g/mol. The number of benzene rings is 1. The molecule has 106 valence electrons. The summed E-state index contributed by atoms with van der Waals surface area (Å²) < 4.78 is 0. The lowest BCUT2D eigenvalue weighted by Gasteiger charge is -2.29. The topological polar surface area (TPSA) is 26.0 Å². The van der Waals surface area contributed by atoms with Crippen molar-refractivity contribution in [1.82, 2.24) is 0 Å². The summed E-state index contributed by atoms with van der Waals surface area (Å²) in [6.45, 7) is 2.29. The second-order valence-electron chi connectivity index (χ2n) is 6.23. The van der Waals surface area contributed by atoms with Crippen molar-refractivity contribution >= 4 is 5.69 Å². The van der Waals surface area contributed by atoms with E-state index in [1.807, 2.05) is 12.1 Å². The quantitative estimate of drug-likeness (QED) is 0.529. The van der Waals surface area contributed by atoms with Gasteiger partial charge in [-0.05, 0) is 55.2 Å². The predicted octanol–water partition coefficient (Wildman–Crippen LogP) is 5.51. The first-order valence-electron chi connectivity index (χ1n) is 8.15. The zero-order valence-corrected chi connectivity index (χ0v) is 12.4. The number of anilines is 1. The van der Waals surface area contributed by atoms with E-state index in [0.717, 1.165) is 17.5 Å². The van der Waals surface area contributed by atoms with Crippen LogP contribution in [0.15, 0.2) is 24.3 Å². The normalized spacial score (nSPS) is 23.4. The van der Waals surface area contributed by atoms with Gasteiger partial charge >= 0.3 is 0 Å². The average Bonchev–Trinajstić information content (AvgIpc) is 2.45. The minimum atomic E-state index is 0.785. The Bertz CT molecular complexity index is 346. The van der Waals surface area contributed by atoms with Crippen molar-refractivity contribution in [3.63, 3.8) is 0 Å². The van der Waals surface area contributed by atoms with Gasteiger partial charge in [-0.1, -0.05) is 51.2 Å². The van der Waals surface area contributed by atoms with Crippen molar-refractivity contribution < 1.29 is 0 Å². The number of unbranched alkanes of at least 4 members (excludes halogenated alkanes) is 3. The van der Waals surface area contributed by atoms with Gasteiger partial charge in [0.1, 0.15) is 0 Å². The third-order valence-corrected chi connectivity index (χ3v) is 4.72. The Morgan fingerprint density at radius 2 is 1.63 bits per heavy atom. The maximum absolute atomic E-state index is 5.76. The molecular formula is C18H29N. The number of hydrogen-bond acceptors (Lipinski definition) is 1. The summed E-state index contributed by atoms with van der Waals surface area (Å²) in [6.07, 6.45) is 12.7. The van der Waals surface area contributed by atoms with Gasteiger partial charge < -0.3 is 5.73 Å². The molecule has 1 aromatic rings. The van der Waals surface area contributed by atoms with Gasteiger partial charge in [0.25, 0.3) is 0 Å². The van der Waals surface area contributed by atoms with E-state index in [-0.39, 0.29) is 0 Å². The molecule has 2 N–H and O–H groups in total. The van der Waals surface area contributed by atoms with Gasteiger partial charge in [-0.3, -0.25) is 0 Å². The van der Waals surface area contributed by atoms with Crippen LogP contribution in [-0.2, 0) is 0 Å². The van der Waals surface area contributed by atoms with Gasteiger partial charge in [0.05, 0.1) is 0 Å². The van der Waals surface area contributed by atoms with E-state index in [0.29, 0.717) is 0 Å². The molecule has 1 fully saturated rings. The highest BCUT2D eigenvalue weighted by Gasteiger charge is 2.21. The van der Waals surface area contributed by atoms with Crippen LogP contribution in [0.25, 0.3) is 0 Å². The highest BCUT2D eigenvalue weighted by molar-refractivity contribution is 5.40. The molecule has 2 rings (SSSR count). The molecule has 1 aliphatic rings. The van der Waals surface area contributed by atoms with Crippen LogP contribution in [0.1, 0.15) is 76.2 Å². The van der Waals surface area contributed by atoms with Crippen molar-refractivity contribution in [2.75, 3.05) is 5.73 Å². The lowest BCUT2D eigenvalue weighted by molar-refractivity contribution is 0.302. The van der Waals surface area contributed by atoms with Crippen molar-refractivity contribution in [1.29, 1.82) is 0 Å². The van der Waals surface area contributed by atoms with Gasteiger partial charge in [0.15, 0.2) is 0 Å². The molecule has 0 heterocycles. The average molecular weight is 259 g/mol. The first kappa shape index (κ1) is 14.4. The van der Waals surface area contributed by atoms with Crippen molar-refractivity contribution in [3.8, 4) is 0 Å². The number of rotatable bonds is 6. The Morgan fingerprint density at radius 1 is 0.947 bits per heavy atom. The highest BCUT2D eigenvalue weighted by Crippen LogP contribution is 2.37. The van der Waals surface area contributed by atoms with E-state index in [9.17, 15) is 0 Å². The summed E-state index contributed by atoms with van der Waals surface area (Å²) in [5, 5.41) is 0. The van der Waals surface area contributed by atoms with Gasteiger partial charge in [-0.2, -0.15) is 0 Å². The fraction of sp³-hybridized carbons (Fsp3) is 0.667. The van der Waals surface area contributed by atoms with Crippen molar-refractivity contribution in [2.24, 2.45) is 5.92 Å². The van der Waals surface area contributed by atoms with E-state index in [4.69, 9.17) is 5.73 Å². The van der Waals surface area contributed by atoms with Crippen LogP contribution >= 0.6 is 0 Å². The SMILES string of the molecule is CCCCCCC1CCC(c2ccc(N)cc2)CC1. The standard InChI is InChI=1S/C18H29N/c1-2-3-4-5-6-15-7-9-16(10-8-15)17-11-13-18(19)14-12-17/h11-16H,2-10,19H2,1H3. The van der Waals surface area contributed by atoms with Crippen LogP contribution in [-0.4, -0.2) is 0 Å². The van der Waals surface area contributed by atoms with Crippen molar-refractivity contribution in [2.45, 2.75) is 70.6 Å². The molecule has 0 aliphatic heterocycles. The van der Waals surface area contributed by atoms with E-state index >= 15 is 0 Å². The van der Waals surface area contributed by atoms with Crippen LogP contribution in [0.5, 0.6) is 0 Å². The molecule has 1 heteroatoms. The van der Waals surface area contributed by atoms with Crippen LogP contribution in [0.3, 0.4) is 0 Å². The Hall–Kier alpha value is -0.980. The molecule has 0 saturated heterocycles. The lowest BCUT2D eigenvalue weighted by atomic mass is 9.77. The Kier molecular flexibility index (Phi) is 5.75. The molecule has 1 aromatic carbocycles. The monoisotopic (exact) mass is 259 g/mol. The predicted molar refractivity (Wildman–Crippen MR) is 84.3 cm³/mol. The summed E-state index contributed by atoms with van der Waals surface area (Å²) in [5.74, 6) is 1.79. The third-order valence-electron chi connectivity index (χ3n) is 4.72. The Morgan fingerprint density at radius 3 is 2.26 bits per heavy atom. The fourth-order valence-corrected chi connectivity index (χ4v) is 3.41. The highest BCUT2D eigenvalue weighted by atomic mass is 14.5. The van der Waals surface area contributed by atoms with Crippen LogP contribution in [0.2, 0.25) is 0 Å². The first-order valence-corrected chi connectivity index (χ1v) is 8.15. The molecule has 1 nitrogen and oxygen atoms in total. The largest absolute Gasteiger partial charge is 0.399 e. The molecule has 0 atom stereocenters. The summed E-state index contributed by atoms with van der Waals surface area (Å²) in [7, 11) is 0. The molecule has 19 heavy (non-hydrogen) atoms. The zero-order chi connectivity index (χ0) is 13.5. The van der Waals surface area contributed by atoms with Crippen LogP contribution < -0.4 is 5.73 Å². The summed E-state index contributed by atoms with van der Waals surface area (Å²) in [4.78, 5) is 0. The minimum absolute atomic E-state index is 0.785. The number of nitrogens with two attached hydrogens (primary N) is 1. The molecule has 1 saturated carbocycles. The van der Waals surface area contributed by atoms with E-state index in [1.54, 1.807) is 0 Å². The maximum atomic E-state index is 5.76. The third kappa shape index (κ3) is 4.56. The molecule has 0 unspecified atom stereocenters. The fourth-order valence-electron chi connectivity index (χ4n) is 3.41. The molecule has 0 spiro atoms. The van der Waals surface area contributed by atoms with Gasteiger partial charge in [-0.15, -0.1) is 0 Å². The van der Waals surface area contributed by atoms with Crippen molar-refractivity contribution in [3.05, 3.63) is 29.8 Å². The molecule has 0 aromatic heterocycles. The van der Waals surface area contributed by atoms with Gasteiger partial charge in [0, 0.05) is 5.69 Å². The van der Waals surface area contributed by atoms with Gasteiger partial charge in [-0.25, -0.2) is 0 Å². The van der Waals surface area contributed by atoms with E-state index in [1.165, 1.54) is 63.4 Å². The Labute approximate surface area is 118 Å². The van der Waals surface area contributed by atoms with Gasteiger partial charge in [0.2, 0.25) is 0 Å². The molecule has 0 bridgehead atoms. The lowest BCUT2D eigenvalue weighted by Crippen LogP contribution is -2.13. The van der Waals surface area contributed by atoms with E-state index < -0.39 is 0 Å². The zero-order valence-electron chi connectivity index (χ0n) is 12.4. The molecule has 0 amide bonds. The first-order chi connectivity index (χ1) is 9.29. The second kappa shape index (κ2) is 7.57. The summed E-state index contributed by atoms with van der Waals surface area (Å²) in [6, 6.07) is 8.54. The second-order valence-corrected chi connectivity index (χ2v) is 6.23. The molecule has 0 radical (unpaired) electrons. The number of nitrogen functional groups attached to an aromatic ring is 1. The van der Waals surface area contributed by atoms with Crippen LogP contribution in [0, 0.1) is 5.92 Å². The Balaban J connectivity index is 1.71. The summed E-state index contributed by atoms with van der Waals surface area (Å²) >= 11 is 0. The number of hydrogen-bond donors (Lipinski definition) is 1. The minimum Gasteiger partial charge on any atom is -0.399 e. The maximum Gasteiger partial charge on any atom is 0.0314 e. The molecule has 1 aliphatic carbocycles. The van der Waals surface area contributed by atoms with Crippen LogP contribution in [0.4, 0.5) is 5.69 Å². The van der Waals surface area contributed by atoms with E-state index in [2.05, 4.69) is 19.1 Å². The smallest absolute Gasteiger partial charge is 0.0314 e.